The summed E-state index contributed by atoms with van der Waals surface area (Å²) in [5, 5.41) is 9.43. The summed E-state index contributed by atoms with van der Waals surface area (Å²) >= 11 is 0. The van der Waals surface area contributed by atoms with Crippen molar-refractivity contribution >= 4 is 12.1 Å². The van der Waals surface area contributed by atoms with Gasteiger partial charge < -0.3 is 14.7 Å². The van der Waals surface area contributed by atoms with Crippen LogP contribution in [0.2, 0.25) is 0 Å². The zero-order valence-electron chi connectivity index (χ0n) is 13.9. The Kier molecular flexibility index (Phi) is 5.33. The molecule has 1 N–H and O–H groups in total. The molecule has 1 aliphatic heterocycles. The lowest BCUT2D eigenvalue weighted by molar-refractivity contribution is -0.143. The van der Waals surface area contributed by atoms with Crippen LogP contribution < -0.4 is 0 Å². The molecule has 2 unspecified atom stereocenters. The smallest absolute Gasteiger partial charge is 0.410 e. The van der Waals surface area contributed by atoms with Gasteiger partial charge in [-0.3, -0.25) is 4.79 Å². The van der Waals surface area contributed by atoms with Crippen molar-refractivity contribution in [1.82, 2.24) is 4.90 Å². The minimum absolute atomic E-state index is 0.000301. The number of aliphatic carboxylic acids is 1. The van der Waals surface area contributed by atoms with Crippen LogP contribution in [0.15, 0.2) is 60.7 Å². The topological polar surface area (TPSA) is 66.8 Å². The van der Waals surface area contributed by atoms with Gasteiger partial charge in [0.1, 0.15) is 6.61 Å². The lowest BCUT2D eigenvalue weighted by Gasteiger charge is -2.35. The molecule has 5 nitrogen and oxygen atoms in total. The van der Waals surface area contributed by atoms with Crippen LogP contribution in [-0.4, -0.2) is 35.2 Å². The zero-order chi connectivity index (χ0) is 17.6. The van der Waals surface area contributed by atoms with E-state index in [9.17, 15) is 14.7 Å². The molecule has 1 amide bonds. The fourth-order valence-corrected chi connectivity index (χ4v) is 3.20. The molecule has 0 bridgehead atoms. The van der Waals surface area contributed by atoms with Gasteiger partial charge in [-0.1, -0.05) is 60.7 Å². The number of likely N-dealkylation sites (tertiary alicyclic amines) is 1. The first-order valence-corrected chi connectivity index (χ1v) is 8.37. The number of carboxylic acids is 1. The van der Waals surface area contributed by atoms with Crippen molar-refractivity contribution < 1.29 is 19.4 Å². The molecule has 2 atom stereocenters. The fourth-order valence-electron chi connectivity index (χ4n) is 3.20. The van der Waals surface area contributed by atoms with Crippen molar-refractivity contribution in [2.75, 3.05) is 13.1 Å². The number of amides is 1. The third-order valence-electron chi connectivity index (χ3n) is 4.53. The summed E-state index contributed by atoms with van der Waals surface area (Å²) in [5.74, 6) is -1.45. The number of nitrogens with zero attached hydrogens (tertiary/aromatic N) is 1. The van der Waals surface area contributed by atoms with Gasteiger partial charge in [0, 0.05) is 19.0 Å². The molecule has 2 aromatic rings. The average molecular weight is 339 g/mol. The molecule has 0 saturated carbocycles. The third kappa shape index (κ3) is 4.38. The number of carbonyl (C=O) groups is 2. The molecular formula is C20H21NO4. The molecule has 25 heavy (non-hydrogen) atoms. The standard InChI is InChI=1S/C20H21NO4/c22-19(23)18-11-17(16-9-5-2-6-10-16)12-21(13-18)20(24)25-14-15-7-3-1-4-8-15/h1-10,17-18H,11-14H2,(H,22,23). The van der Waals surface area contributed by atoms with E-state index in [0.29, 0.717) is 13.0 Å². The minimum atomic E-state index is -0.874. The van der Waals surface area contributed by atoms with Crippen LogP contribution in [0.4, 0.5) is 4.79 Å². The summed E-state index contributed by atoms with van der Waals surface area (Å²) in [4.78, 5) is 25.4. The lowest BCUT2D eigenvalue weighted by atomic mass is 9.85. The first kappa shape index (κ1) is 17.0. The molecule has 130 valence electrons. The summed E-state index contributed by atoms with van der Waals surface area (Å²) in [5.41, 5.74) is 1.96. The molecule has 1 aliphatic rings. The van der Waals surface area contributed by atoms with E-state index < -0.39 is 18.0 Å². The number of piperidine rings is 1. The monoisotopic (exact) mass is 339 g/mol. The van der Waals surface area contributed by atoms with Crippen LogP contribution >= 0.6 is 0 Å². The van der Waals surface area contributed by atoms with Crippen LogP contribution in [0.5, 0.6) is 0 Å². The minimum Gasteiger partial charge on any atom is -0.481 e. The molecule has 0 aliphatic carbocycles. The highest BCUT2D eigenvalue weighted by Crippen LogP contribution is 2.30. The van der Waals surface area contributed by atoms with Crippen LogP contribution in [0, 0.1) is 5.92 Å². The normalized spacial score (nSPS) is 20.1. The van der Waals surface area contributed by atoms with Gasteiger partial charge in [-0.05, 0) is 17.5 Å². The van der Waals surface area contributed by atoms with Crippen molar-refractivity contribution in [3.05, 3.63) is 71.8 Å². The highest BCUT2D eigenvalue weighted by Gasteiger charge is 2.35. The highest BCUT2D eigenvalue weighted by molar-refractivity contribution is 5.73. The van der Waals surface area contributed by atoms with Crippen molar-refractivity contribution in [1.29, 1.82) is 0 Å². The molecular weight excluding hydrogens is 318 g/mol. The SMILES string of the molecule is O=C(O)C1CC(c2ccccc2)CN(C(=O)OCc2ccccc2)C1. The Labute approximate surface area is 146 Å². The molecule has 2 aromatic carbocycles. The summed E-state index contributed by atoms with van der Waals surface area (Å²) in [6.07, 6.45) is 0.0673. The number of carboxylic acid groups (broad SMARTS) is 1. The third-order valence-corrected chi connectivity index (χ3v) is 4.53. The van der Waals surface area contributed by atoms with Gasteiger partial charge in [0.25, 0.3) is 0 Å². The predicted molar refractivity (Wildman–Crippen MR) is 93.1 cm³/mol. The Bertz CT molecular complexity index is 717. The summed E-state index contributed by atoms with van der Waals surface area (Å²) in [6.45, 7) is 0.845. The highest BCUT2D eigenvalue weighted by atomic mass is 16.6. The lowest BCUT2D eigenvalue weighted by Crippen LogP contribution is -2.45. The Hall–Kier alpha value is -2.82. The maximum Gasteiger partial charge on any atom is 0.410 e. The molecule has 1 saturated heterocycles. The molecule has 0 radical (unpaired) electrons. The van der Waals surface area contributed by atoms with E-state index in [0.717, 1.165) is 11.1 Å². The van der Waals surface area contributed by atoms with Crippen LogP contribution in [0.3, 0.4) is 0 Å². The average Bonchev–Trinajstić information content (AvgIpc) is 2.67. The van der Waals surface area contributed by atoms with Gasteiger partial charge in [-0.25, -0.2) is 4.79 Å². The molecule has 5 heteroatoms. The van der Waals surface area contributed by atoms with Crippen molar-refractivity contribution in [2.45, 2.75) is 18.9 Å². The van der Waals surface area contributed by atoms with Crippen LogP contribution in [0.25, 0.3) is 0 Å². The maximum atomic E-state index is 12.4. The quantitative estimate of drug-likeness (QED) is 0.925. The van der Waals surface area contributed by atoms with E-state index in [1.165, 1.54) is 4.90 Å². The summed E-state index contributed by atoms with van der Waals surface area (Å²) in [6, 6.07) is 19.2. The van der Waals surface area contributed by atoms with Gasteiger partial charge in [-0.15, -0.1) is 0 Å². The second kappa shape index (κ2) is 7.83. The van der Waals surface area contributed by atoms with Crippen molar-refractivity contribution in [3.63, 3.8) is 0 Å². The fraction of sp³-hybridized carbons (Fsp3) is 0.300. The number of carbonyl (C=O) groups excluding carboxylic acids is 1. The number of ether oxygens (including phenoxy) is 1. The van der Waals surface area contributed by atoms with E-state index >= 15 is 0 Å². The Morgan fingerprint density at radius 1 is 1.00 bits per heavy atom. The molecule has 0 spiro atoms. The zero-order valence-corrected chi connectivity index (χ0v) is 13.9. The van der Waals surface area contributed by atoms with Crippen molar-refractivity contribution in [2.24, 2.45) is 5.92 Å². The van der Waals surface area contributed by atoms with Gasteiger partial charge in [-0.2, -0.15) is 0 Å². The molecule has 0 aromatic heterocycles. The first-order chi connectivity index (χ1) is 12.1. The van der Waals surface area contributed by atoms with Crippen molar-refractivity contribution in [3.8, 4) is 0 Å². The molecule has 1 heterocycles. The first-order valence-electron chi connectivity index (χ1n) is 8.37. The van der Waals surface area contributed by atoms with E-state index in [1.54, 1.807) is 0 Å². The number of hydrogen-bond donors (Lipinski definition) is 1. The Morgan fingerprint density at radius 3 is 2.28 bits per heavy atom. The van der Waals surface area contributed by atoms with Gasteiger partial charge >= 0.3 is 12.1 Å². The number of benzene rings is 2. The largest absolute Gasteiger partial charge is 0.481 e. The predicted octanol–water partition coefficient (Wildman–Crippen LogP) is 3.51. The second-order valence-electron chi connectivity index (χ2n) is 6.32. The van der Waals surface area contributed by atoms with Gasteiger partial charge in [0.2, 0.25) is 0 Å². The van der Waals surface area contributed by atoms with E-state index in [1.807, 2.05) is 60.7 Å². The maximum absolute atomic E-state index is 12.4. The molecule has 1 fully saturated rings. The Balaban J connectivity index is 1.68. The van der Waals surface area contributed by atoms with Crippen LogP contribution in [0.1, 0.15) is 23.5 Å². The van der Waals surface area contributed by atoms with Gasteiger partial charge in [0.05, 0.1) is 5.92 Å². The van der Waals surface area contributed by atoms with E-state index in [2.05, 4.69) is 0 Å². The number of rotatable bonds is 4. The van der Waals surface area contributed by atoms with Gasteiger partial charge in [0.15, 0.2) is 0 Å². The summed E-state index contributed by atoms with van der Waals surface area (Å²) in [7, 11) is 0. The van der Waals surface area contributed by atoms with Crippen LogP contribution in [-0.2, 0) is 16.1 Å². The van der Waals surface area contributed by atoms with E-state index in [-0.39, 0.29) is 19.1 Å². The Morgan fingerprint density at radius 2 is 1.64 bits per heavy atom. The molecule has 3 rings (SSSR count). The number of hydrogen-bond acceptors (Lipinski definition) is 3. The van der Waals surface area contributed by atoms with E-state index in [4.69, 9.17) is 4.74 Å². The summed E-state index contributed by atoms with van der Waals surface area (Å²) < 4.78 is 5.37. The second-order valence-corrected chi connectivity index (χ2v) is 6.32.